The van der Waals surface area contributed by atoms with E-state index in [9.17, 15) is 4.79 Å². The Hall–Kier alpha value is -3.16. The zero-order chi connectivity index (χ0) is 17.1. The Labute approximate surface area is 138 Å². The van der Waals surface area contributed by atoms with Gasteiger partial charge >= 0.3 is 6.01 Å². The van der Waals surface area contributed by atoms with E-state index in [1.165, 1.54) is 0 Å². The van der Waals surface area contributed by atoms with Gasteiger partial charge in [0.25, 0.3) is 5.91 Å². The van der Waals surface area contributed by atoms with E-state index >= 15 is 0 Å². The molecule has 0 bridgehead atoms. The van der Waals surface area contributed by atoms with Crippen LogP contribution in [0.25, 0.3) is 11.5 Å². The summed E-state index contributed by atoms with van der Waals surface area (Å²) in [6, 6.07) is 8.96. The van der Waals surface area contributed by atoms with Crippen molar-refractivity contribution in [2.45, 2.75) is 13.8 Å². The number of amides is 1. The summed E-state index contributed by atoms with van der Waals surface area (Å²) in [5, 5.41) is 14.4. The molecule has 0 radical (unpaired) electrons. The molecule has 124 valence electrons. The van der Waals surface area contributed by atoms with Crippen LogP contribution in [0.1, 0.15) is 23.1 Å². The molecule has 24 heavy (non-hydrogen) atoms. The molecule has 0 spiro atoms. The second kappa shape index (κ2) is 6.53. The predicted octanol–water partition coefficient (Wildman–Crippen LogP) is 2.43. The van der Waals surface area contributed by atoms with E-state index in [1.54, 1.807) is 17.8 Å². The summed E-state index contributed by atoms with van der Waals surface area (Å²) in [6.07, 6.45) is 0. The number of aromatic nitrogens is 4. The number of carbonyl (C=O) groups excluding carboxylic acids is 1. The fourth-order valence-corrected chi connectivity index (χ4v) is 2.08. The minimum absolute atomic E-state index is 0.0205. The van der Waals surface area contributed by atoms with E-state index in [0.29, 0.717) is 12.5 Å². The van der Waals surface area contributed by atoms with Gasteiger partial charge in [0.1, 0.15) is 5.75 Å². The first-order valence-electron chi connectivity index (χ1n) is 7.45. The van der Waals surface area contributed by atoms with Gasteiger partial charge in [-0.25, -0.2) is 0 Å². The first-order chi connectivity index (χ1) is 11.6. The Morgan fingerprint density at radius 3 is 2.67 bits per heavy atom. The van der Waals surface area contributed by atoms with Gasteiger partial charge in [-0.1, -0.05) is 5.10 Å². The highest BCUT2D eigenvalue weighted by atomic mass is 16.5. The molecule has 0 aliphatic carbocycles. The summed E-state index contributed by atoms with van der Waals surface area (Å²) in [5.41, 5.74) is 1.90. The van der Waals surface area contributed by atoms with Gasteiger partial charge in [0, 0.05) is 18.3 Å². The van der Waals surface area contributed by atoms with Crippen molar-refractivity contribution in [1.29, 1.82) is 0 Å². The zero-order valence-electron chi connectivity index (χ0n) is 13.6. The fourth-order valence-electron chi connectivity index (χ4n) is 2.08. The molecule has 1 N–H and O–H groups in total. The quantitative estimate of drug-likeness (QED) is 0.773. The Balaban J connectivity index is 1.72. The fraction of sp³-hybridized carbons (Fsp3) is 0.250. The number of hydrogen-bond donors (Lipinski definition) is 1. The topological polar surface area (TPSA) is 95.1 Å². The highest BCUT2D eigenvalue weighted by Crippen LogP contribution is 2.22. The highest BCUT2D eigenvalue weighted by molar-refractivity contribution is 6.01. The number of aryl methyl sites for hydroxylation is 2. The van der Waals surface area contributed by atoms with Crippen molar-refractivity contribution < 1.29 is 13.9 Å². The SMILES string of the molecule is CCOc1ccc(-c2nnc(NC(=O)c3cc(C)n(C)n3)o2)cc1. The summed E-state index contributed by atoms with van der Waals surface area (Å²) in [6.45, 7) is 4.38. The number of nitrogens with one attached hydrogen (secondary N) is 1. The van der Waals surface area contributed by atoms with Crippen molar-refractivity contribution in [2.75, 3.05) is 11.9 Å². The smallest absolute Gasteiger partial charge is 0.322 e. The molecule has 1 amide bonds. The van der Waals surface area contributed by atoms with Crippen molar-refractivity contribution in [2.24, 2.45) is 7.05 Å². The molecule has 3 aromatic rings. The molecular formula is C16H17N5O3. The Kier molecular flexibility index (Phi) is 4.28. The predicted molar refractivity (Wildman–Crippen MR) is 86.8 cm³/mol. The minimum atomic E-state index is -0.402. The monoisotopic (exact) mass is 327 g/mol. The third-order valence-electron chi connectivity index (χ3n) is 3.40. The van der Waals surface area contributed by atoms with Crippen molar-refractivity contribution in [1.82, 2.24) is 20.0 Å². The maximum absolute atomic E-state index is 12.1. The van der Waals surface area contributed by atoms with E-state index < -0.39 is 5.91 Å². The van der Waals surface area contributed by atoms with Crippen LogP contribution in [-0.4, -0.2) is 32.5 Å². The molecule has 1 aromatic carbocycles. The van der Waals surface area contributed by atoms with Crippen LogP contribution in [0.2, 0.25) is 0 Å². The number of benzene rings is 1. The van der Waals surface area contributed by atoms with Gasteiger partial charge in [-0.2, -0.15) is 5.10 Å². The largest absolute Gasteiger partial charge is 0.494 e. The van der Waals surface area contributed by atoms with E-state index in [2.05, 4.69) is 20.6 Å². The Morgan fingerprint density at radius 1 is 1.29 bits per heavy atom. The van der Waals surface area contributed by atoms with Crippen LogP contribution >= 0.6 is 0 Å². The van der Waals surface area contributed by atoms with Crippen LogP contribution in [0, 0.1) is 6.92 Å². The van der Waals surface area contributed by atoms with Gasteiger partial charge in [0.15, 0.2) is 5.69 Å². The molecule has 0 atom stereocenters. The summed E-state index contributed by atoms with van der Waals surface area (Å²) >= 11 is 0. The molecule has 3 rings (SSSR count). The second-order valence-corrected chi connectivity index (χ2v) is 5.12. The Morgan fingerprint density at radius 2 is 2.04 bits per heavy atom. The summed E-state index contributed by atoms with van der Waals surface area (Å²) in [4.78, 5) is 12.1. The number of hydrogen-bond acceptors (Lipinski definition) is 6. The van der Waals surface area contributed by atoms with Crippen molar-refractivity contribution in [3.63, 3.8) is 0 Å². The van der Waals surface area contributed by atoms with Crippen LogP contribution in [-0.2, 0) is 7.05 Å². The molecule has 2 aromatic heterocycles. The molecule has 0 fully saturated rings. The first-order valence-corrected chi connectivity index (χ1v) is 7.45. The second-order valence-electron chi connectivity index (χ2n) is 5.12. The maximum Gasteiger partial charge on any atom is 0.322 e. The average Bonchev–Trinajstić information content (AvgIpc) is 3.16. The lowest BCUT2D eigenvalue weighted by Gasteiger charge is -2.02. The third-order valence-corrected chi connectivity index (χ3v) is 3.40. The average molecular weight is 327 g/mol. The van der Waals surface area contributed by atoms with Crippen LogP contribution in [0.3, 0.4) is 0 Å². The van der Waals surface area contributed by atoms with E-state index in [0.717, 1.165) is 17.0 Å². The summed E-state index contributed by atoms with van der Waals surface area (Å²) < 4.78 is 12.5. The number of ether oxygens (including phenoxy) is 1. The van der Waals surface area contributed by atoms with Gasteiger partial charge in [-0.3, -0.25) is 14.8 Å². The molecule has 8 heteroatoms. The molecule has 0 unspecified atom stereocenters. The van der Waals surface area contributed by atoms with Crippen molar-refractivity contribution in [3.05, 3.63) is 41.7 Å². The van der Waals surface area contributed by atoms with Crippen molar-refractivity contribution in [3.8, 4) is 17.2 Å². The molecule has 0 saturated carbocycles. The Bertz CT molecular complexity index is 831. The lowest BCUT2D eigenvalue weighted by Crippen LogP contribution is -2.13. The van der Waals surface area contributed by atoms with Crippen LogP contribution < -0.4 is 10.1 Å². The van der Waals surface area contributed by atoms with Crippen LogP contribution in [0.5, 0.6) is 5.75 Å². The van der Waals surface area contributed by atoms with Gasteiger partial charge in [-0.15, -0.1) is 5.10 Å². The summed E-state index contributed by atoms with van der Waals surface area (Å²) in [5.74, 6) is 0.672. The normalized spacial score (nSPS) is 10.6. The minimum Gasteiger partial charge on any atom is -0.494 e. The number of anilines is 1. The summed E-state index contributed by atoms with van der Waals surface area (Å²) in [7, 11) is 1.77. The van der Waals surface area contributed by atoms with Gasteiger partial charge < -0.3 is 9.15 Å². The molecule has 0 aliphatic heterocycles. The first kappa shape index (κ1) is 15.7. The van der Waals surface area contributed by atoms with Crippen LogP contribution in [0.15, 0.2) is 34.7 Å². The molecule has 8 nitrogen and oxygen atoms in total. The number of nitrogens with zero attached hydrogens (tertiary/aromatic N) is 4. The van der Waals surface area contributed by atoms with Crippen molar-refractivity contribution >= 4 is 11.9 Å². The molecular weight excluding hydrogens is 310 g/mol. The van der Waals surface area contributed by atoms with E-state index in [1.807, 2.05) is 38.1 Å². The lowest BCUT2D eigenvalue weighted by atomic mass is 10.2. The van der Waals surface area contributed by atoms with Crippen LogP contribution in [0.4, 0.5) is 6.01 Å². The maximum atomic E-state index is 12.1. The lowest BCUT2D eigenvalue weighted by molar-refractivity contribution is 0.101. The van der Waals surface area contributed by atoms with E-state index in [-0.39, 0.29) is 11.7 Å². The van der Waals surface area contributed by atoms with Gasteiger partial charge in [0.05, 0.1) is 6.61 Å². The molecule has 0 saturated heterocycles. The highest BCUT2D eigenvalue weighted by Gasteiger charge is 2.15. The number of rotatable bonds is 5. The molecule has 0 aliphatic rings. The molecule has 2 heterocycles. The number of carbonyl (C=O) groups is 1. The van der Waals surface area contributed by atoms with Gasteiger partial charge in [0.2, 0.25) is 5.89 Å². The third kappa shape index (κ3) is 3.27. The van der Waals surface area contributed by atoms with E-state index in [4.69, 9.17) is 9.15 Å². The van der Waals surface area contributed by atoms with Gasteiger partial charge in [-0.05, 0) is 44.2 Å². The standard InChI is InChI=1S/C16H17N5O3/c1-4-23-12-7-5-11(6-8-12)15-18-19-16(24-15)17-14(22)13-9-10(2)21(3)20-13/h5-9H,4H2,1-3H3,(H,17,19,22). The zero-order valence-corrected chi connectivity index (χ0v) is 13.6.